The fraction of sp³-hybridized carbons (Fsp3) is 0.545. The van der Waals surface area contributed by atoms with Gasteiger partial charge < -0.3 is 15.2 Å². The van der Waals surface area contributed by atoms with Crippen LogP contribution in [0.4, 0.5) is 5.69 Å². The van der Waals surface area contributed by atoms with E-state index >= 15 is 0 Å². The first-order chi connectivity index (χ1) is 7.15. The van der Waals surface area contributed by atoms with Gasteiger partial charge in [-0.15, -0.1) is 0 Å². The molecule has 1 aliphatic rings. The molecule has 1 aliphatic carbocycles. The summed E-state index contributed by atoms with van der Waals surface area (Å²) in [6.07, 6.45) is 4.30. The van der Waals surface area contributed by atoms with Gasteiger partial charge in [0.15, 0.2) is 5.75 Å². The summed E-state index contributed by atoms with van der Waals surface area (Å²) in [4.78, 5) is 4.13. The van der Waals surface area contributed by atoms with Crippen molar-refractivity contribution >= 4 is 5.69 Å². The molecule has 0 unspecified atom stereocenters. The lowest BCUT2D eigenvalue weighted by Gasteiger charge is -2.11. The van der Waals surface area contributed by atoms with Crippen LogP contribution in [0.1, 0.15) is 26.7 Å². The summed E-state index contributed by atoms with van der Waals surface area (Å²) in [7, 11) is 0. The minimum absolute atomic E-state index is 0.104. The highest BCUT2D eigenvalue weighted by molar-refractivity contribution is 5.53. The topological polar surface area (TPSA) is 57.4 Å². The van der Waals surface area contributed by atoms with Gasteiger partial charge in [-0.2, -0.15) is 0 Å². The van der Waals surface area contributed by atoms with Crippen molar-refractivity contribution in [2.45, 2.75) is 38.9 Å². The summed E-state index contributed by atoms with van der Waals surface area (Å²) in [5, 5.41) is 0. The lowest BCUT2D eigenvalue weighted by molar-refractivity contribution is 0.231. The van der Waals surface area contributed by atoms with Crippen LogP contribution in [0.3, 0.4) is 0 Å². The normalized spacial score (nSPS) is 15.4. The standard InChI is InChI=1S/C11H16N2O2/c1-7(2)14-11-5-9(12)10(6-13-11)15-8-3-4-8/h5-8H,3-4H2,1-2H3,(H2,12,13). The first kappa shape index (κ1) is 10.1. The van der Waals surface area contributed by atoms with E-state index in [0.717, 1.165) is 12.8 Å². The third-order valence-corrected chi connectivity index (χ3v) is 2.05. The van der Waals surface area contributed by atoms with Gasteiger partial charge in [-0.3, -0.25) is 0 Å². The summed E-state index contributed by atoms with van der Waals surface area (Å²) < 4.78 is 11.0. The maximum absolute atomic E-state index is 5.83. The van der Waals surface area contributed by atoms with Crippen molar-refractivity contribution in [3.05, 3.63) is 12.3 Å². The molecule has 0 aliphatic heterocycles. The third kappa shape index (κ3) is 2.75. The minimum atomic E-state index is 0.104. The molecule has 0 bridgehead atoms. The van der Waals surface area contributed by atoms with Crippen LogP contribution < -0.4 is 15.2 Å². The Morgan fingerprint density at radius 3 is 2.73 bits per heavy atom. The molecule has 0 atom stereocenters. The van der Waals surface area contributed by atoms with Crippen LogP contribution in [0.25, 0.3) is 0 Å². The van der Waals surface area contributed by atoms with Gasteiger partial charge in [-0.05, 0) is 26.7 Å². The van der Waals surface area contributed by atoms with E-state index in [1.165, 1.54) is 0 Å². The highest BCUT2D eigenvalue weighted by atomic mass is 16.5. The molecule has 1 heterocycles. The van der Waals surface area contributed by atoms with E-state index in [1.807, 2.05) is 13.8 Å². The molecule has 1 saturated carbocycles. The van der Waals surface area contributed by atoms with Crippen LogP contribution in [0.5, 0.6) is 11.6 Å². The Morgan fingerprint density at radius 1 is 1.47 bits per heavy atom. The number of nitrogens with two attached hydrogens (primary N) is 1. The highest BCUT2D eigenvalue weighted by Gasteiger charge is 2.24. The predicted molar refractivity (Wildman–Crippen MR) is 58.1 cm³/mol. The molecule has 15 heavy (non-hydrogen) atoms. The second kappa shape index (κ2) is 3.96. The first-order valence-corrected chi connectivity index (χ1v) is 5.24. The Labute approximate surface area is 89.4 Å². The second-order valence-electron chi connectivity index (χ2n) is 4.04. The van der Waals surface area contributed by atoms with Crippen molar-refractivity contribution in [2.75, 3.05) is 5.73 Å². The van der Waals surface area contributed by atoms with Gasteiger partial charge in [0.05, 0.1) is 24.1 Å². The number of pyridine rings is 1. The van der Waals surface area contributed by atoms with E-state index in [2.05, 4.69) is 4.98 Å². The van der Waals surface area contributed by atoms with Crippen LogP contribution in [0.15, 0.2) is 12.3 Å². The maximum Gasteiger partial charge on any atom is 0.215 e. The Morgan fingerprint density at radius 2 is 2.20 bits per heavy atom. The smallest absolute Gasteiger partial charge is 0.215 e. The monoisotopic (exact) mass is 208 g/mol. The molecule has 4 nitrogen and oxygen atoms in total. The Kier molecular flexibility index (Phi) is 2.66. The van der Waals surface area contributed by atoms with Crippen molar-refractivity contribution < 1.29 is 9.47 Å². The SMILES string of the molecule is CC(C)Oc1cc(N)c(OC2CC2)cn1. The molecule has 0 spiro atoms. The van der Waals surface area contributed by atoms with E-state index in [1.54, 1.807) is 12.3 Å². The van der Waals surface area contributed by atoms with Gasteiger partial charge in [0, 0.05) is 6.07 Å². The minimum Gasteiger partial charge on any atom is -0.487 e. The molecule has 2 N–H and O–H groups in total. The number of ether oxygens (including phenoxy) is 2. The third-order valence-electron chi connectivity index (χ3n) is 2.05. The molecular weight excluding hydrogens is 192 g/mol. The van der Waals surface area contributed by atoms with Crippen LogP contribution in [-0.2, 0) is 0 Å². The molecule has 1 aromatic heterocycles. The van der Waals surface area contributed by atoms with Gasteiger partial charge in [0.25, 0.3) is 0 Å². The Bertz CT molecular complexity index is 348. The van der Waals surface area contributed by atoms with Crippen molar-refractivity contribution in [3.63, 3.8) is 0 Å². The van der Waals surface area contributed by atoms with Crippen molar-refractivity contribution in [2.24, 2.45) is 0 Å². The van der Waals surface area contributed by atoms with E-state index in [-0.39, 0.29) is 6.10 Å². The Balaban J connectivity index is 2.07. The molecule has 0 saturated heterocycles. The van der Waals surface area contributed by atoms with E-state index in [0.29, 0.717) is 23.4 Å². The average Bonchev–Trinajstić information content (AvgIpc) is 2.92. The van der Waals surface area contributed by atoms with Crippen LogP contribution in [-0.4, -0.2) is 17.2 Å². The van der Waals surface area contributed by atoms with Crippen LogP contribution in [0, 0.1) is 0 Å². The number of aromatic nitrogens is 1. The molecule has 4 heteroatoms. The summed E-state index contributed by atoms with van der Waals surface area (Å²) in [5.74, 6) is 1.21. The molecule has 0 radical (unpaired) electrons. The van der Waals surface area contributed by atoms with Gasteiger partial charge in [0.2, 0.25) is 5.88 Å². The molecule has 0 amide bonds. The zero-order valence-corrected chi connectivity index (χ0v) is 9.06. The molecular formula is C11H16N2O2. The van der Waals surface area contributed by atoms with E-state index < -0.39 is 0 Å². The number of nitrogens with zero attached hydrogens (tertiary/aromatic N) is 1. The maximum atomic E-state index is 5.83. The fourth-order valence-electron chi connectivity index (χ4n) is 1.21. The zero-order valence-electron chi connectivity index (χ0n) is 9.06. The summed E-state index contributed by atoms with van der Waals surface area (Å²) in [6.45, 7) is 3.90. The van der Waals surface area contributed by atoms with Gasteiger partial charge in [-0.1, -0.05) is 0 Å². The predicted octanol–water partition coefficient (Wildman–Crippen LogP) is 1.99. The summed E-state index contributed by atoms with van der Waals surface area (Å²) in [6, 6.07) is 1.71. The lowest BCUT2D eigenvalue weighted by atomic mass is 10.4. The molecule has 2 rings (SSSR count). The number of rotatable bonds is 4. The van der Waals surface area contributed by atoms with Crippen LogP contribution >= 0.6 is 0 Å². The molecule has 1 fully saturated rings. The lowest BCUT2D eigenvalue weighted by Crippen LogP contribution is -2.08. The second-order valence-corrected chi connectivity index (χ2v) is 4.04. The largest absolute Gasteiger partial charge is 0.487 e. The number of anilines is 1. The van der Waals surface area contributed by atoms with E-state index in [9.17, 15) is 0 Å². The molecule has 0 aromatic carbocycles. The number of hydrogen-bond donors (Lipinski definition) is 1. The molecule has 82 valence electrons. The van der Waals surface area contributed by atoms with Gasteiger partial charge in [0.1, 0.15) is 0 Å². The average molecular weight is 208 g/mol. The van der Waals surface area contributed by atoms with Gasteiger partial charge >= 0.3 is 0 Å². The van der Waals surface area contributed by atoms with Gasteiger partial charge in [-0.25, -0.2) is 4.98 Å². The van der Waals surface area contributed by atoms with Crippen LogP contribution in [0.2, 0.25) is 0 Å². The van der Waals surface area contributed by atoms with Crippen molar-refractivity contribution in [1.29, 1.82) is 0 Å². The molecule has 1 aromatic rings. The van der Waals surface area contributed by atoms with Crippen molar-refractivity contribution in [3.8, 4) is 11.6 Å². The summed E-state index contributed by atoms with van der Waals surface area (Å²) in [5.41, 5.74) is 6.42. The number of hydrogen-bond acceptors (Lipinski definition) is 4. The highest BCUT2D eigenvalue weighted by Crippen LogP contribution is 2.31. The number of nitrogen functional groups attached to an aromatic ring is 1. The first-order valence-electron chi connectivity index (χ1n) is 5.24. The zero-order chi connectivity index (χ0) is 10.8. The van der Waals surface area contributed by atoms with Crippen molar-refractivity contribution in [1.82, 2.24) is 4.98 Å². The Hall–Kier alpha value is -1.45. The quantitative estimate of drug-likeness (QED) is 0.822. The fourth-order valence-corrected chi connectivity index (χ4v) is 1.21. The van der Waals surface area contributed by atoms with E-state index in [4.69, 9.17) is 15.2 Å². The summed E-state index contributed by atoms with van der Waals surface area (Å²) >= 11 is 0.